The molecule has 0 aliphatic heterocycles. The standard InChI is InChI=1S/C28H32N4O4/c1-31-16-20(15-30-31)18-9-10-23-22(11-18)29-17-32(23)21-13-26(35-3)28(27(14-21)36-4)24(33)12-19-7-5-6-8-25(19)34-2/h9-11,13-17,19,25H,5-8,12H2,1-4H3. The molecule has 188 valence electrons. The Hall–Kier alpha value is -3.65. The second-order valence-corrected chi connectivity index (χ2v) is 9.39. The Bertz CT molecular complexity index is 1360. The third kappa shape index (κ3) is 4.48. The molecule has 1 saturated carbocycles. The first-order valence-electron chi connectivity index (χ1n) is 12.3. The van der Waals surface area contributed by atoms with Crippen LogP contribution >= 0.6 is 0 Å². The topological polar surface area (TPSA) is 80.4 Å². The fraction of sp³-hybridized carbons (Fsp3) is 0.393. The second kappa shape index (κ2) is 10.1. The molecule has 2 heterocycles. The Morgan fingerprint density at radius 3 is 2.44 bits per heavy atom. The van der Waals surface area contributed by atoms with Crippen molar-refractivity contribution in [1.29, 1.82) is 0 Å². The van der Waals surface area contributed by atoms with E-state index in [1.165, 1.54) is 0 Å². The molecule has 8 nitrogen and oxygen atoms in total. The lowest BCUT2D eigenvalue weighted by atomic mass is 9.82. The molecule has 0 amide bonds. The minimum absolute atomic E-state index is 0.0146. The van der Waals surface area contributed by atoms with Crippen molar-refractivity contribution in [2.45, 2.75) is 38.2 Å². The van der Waals surface area contributed by atoms with Gasteiger partial charge in [0.15, 0.2) is 5.78 Å². The predicted octanol–water partition coefficient (Wildman–Crippen LogP) is 5.22. The monoisotopic (exact) mass is 488 g/mol. The normalized spacial score (nSPS) is 17.9. The highest BCUT2D eigenvalue weighted by Gasteiger charge is 2.30. The zero-order valence-electron chi connectivity index (χ0n) is 21.2. The molecule has 1 aliphatic carbocycles. The molecule has 0 bridgehead atoms. The van der Waals surface area contributed by atoms with Crippen LogP contribution in [0.2, 0.25) is 0 Å². The summed E-state index contributed by atoms with van der Waals surface area (Å²) in [5.41, 5.74) is 5.17. The molecule has 2 aromatic heterocycles. The highest BCUT2D eigenvalue weighted by Crippen LogP contribution is 2.37. The Morgan fingerprint density at radius 1 is 1.03 bits per heavy atom. The third-order valence-corrected chi connectivity index (χ3v) is 7.22. The molecule has 0 N–H and O–H groups in total. The molecular weight excluding hydrogens is 456 g/mol. The summed E-state index contributed by atoms with van der Waals surface area (Å²) in [4.78, 5) is 18.1. The van der Waals surface area contributed by atoms with E-state index in [1.54, 1.807) is 32.3 Å². The largest absolute Gasteiger partial charge is 0.496 e. The van der Waals surface area contributed by atoms with E-state index in [9.17, 15) is 4.79 Å². The number of Topliss-reactive ketones (excluding diaryl/α,β-unsaturated/α-hetero) is 1. The van der Waals surface area contributed by atoms with E-state index in [0.717, 1.165) is 53.5 Å². The van der Waals surface area contributed by atoms with Gasteiger partial charge >= 0.3 is 0 Å². The van der Waals surface area contributed by atoms with Crippen molar-refractivity contribution in [3.05, 3.63) is 54.6 Å². The van der Waals surface area contributed by atoms with Crippen LogP contribution in [0.15, 0.2) is 49.1 Å². The van der Waals surface area contributed by atoms with Crippen LogP contribution < -0.4 is 9.47 Å². The van der Waals surface area contributed by atoms with E-state index in [4.69, 9.17) is 14.2 Å². The van der Waals surface area contributed by atoms with Crippen LogP contribution in [-0.4, -0.2) is 52.5 Å². The number of rotatable bonds is 8. The van der Waals surface area contributed by atoms with E-state index in [0.29, 0.717) is 23.5 Å². The number of fused-ring (bicyclic) bond motifs is 1. The van der Waals surface area contributed by atoms with Gasteiger partial charge in [0, 0.05) is 44.5 Å². The number of nitrogens with zero attached hydrogens (tertiary/aromatic N) is 4. The van der Waals surface area contributed by atoms with Crippen molar-refractivity contribution in [3.63, 3.8) is 0 Å². The SMILES string of the molecule is COc1cc(-n2cnc3cc(-c4cnn(C)c4)ccc32)cc(OC)c1C(=O)CC1CCCCC1OC. The highest BCUT2D eigenvalue weighted by atomic mass is 16.5. The number of aromatic nitrogens is 4. The molecule has 2 aromatic carbocycles. The fourth-order valence-electron chi connectivity index (χ4n) is 5.34. The van der Waals surface area contributed by atoms with E-state index in [1.807, 2.05) is 48.3 Å². The minimum atomic E-state index is 0.0146. The van der Waals surface area contributed by atoms with Gasteiger partial charge in [-0.25, -0.2) is 4.98 Å². The Kier molecular flexibility index (Phi) is 6.78. The molecule has 0 spiro atoms. The first-order chi connectivity index (χ1) is 17.5. The maximum atomic E-state index is 13.5. The number of imidazole rings is 1. The maximum Gasteiger partial charge on any atom is 0.170 e. The number of hydrogen-bond donors (Lipinski definition) is 0. The number of methoxy groups -OCH3 is 3. The molecule has 2 atom stereocenters. The molecule has 2 unspecified atom stereocenters. The van der Waals surface area contributed by atoms with Crippen LogP contribution in [0.1, 0.15) is 42.5 Å². The lowest BCUT2D eigenvalue weighted by molar-refractivity contribution is 0.0206. The predicted molar refractivity (Wildman–Crippen MR) is 138 cm³/mol. The molecule has 1 aliphatic rings. The zero-order valence-corrected chi connectivity index (χ0v) is 21.2. The number of carbonyl (C=O) groups is 1. The quantitative estimate of drug-likeness (QED) is 0.316. The Morgan fingerprint density at radius 2 is 1.78 bits per heavy atom. The van der Waals surface area contributed by atoms with Crippen LogP contribution in [0.4, 0.5) is 0 Å². The zero-order chi connectivity index (χ0) is 25.2. The highest BCUT2D eigenvalue weighted by molar-refractivity contribution is 6.02. The third-order valence-electron chi connectivity index (χ3n) is 7.22. The van der Waals surface area contributed by atoms with E-state index in [-0.39, 0.29) is 17.8 Å². The van der Waals surface area contributed by atoms with Gasteiger partial charge in [-0.3, -0.25) is 14.0 Å². The summed E-state index contributed by atoms with van der Waals surface area (Å²) < 4.78 is 20.8. The second-order valence-electron chi connectivity index (χ2n) is 9.39. The lowest BCUT2D eigenvalue weighted by Crippen LogP contribution is -2.28. The minimum Gasteiger partial charge on any atom is -0.496 e. The van der Waals surface area contributed by atoms with E-state index >= 15 is 0 Å². The fourth-order valence-corrected chi connectivity index (χ4v) is 5.34. The molecule has 8 heteroatoms. The molecular formula is C28H32N4O4. The average Bonchev–Trinajstić information content (AvgIpc) is 3.53. The van der Waals surface area contributed by atoms with Gasteiger partial charge in [-0.1, -0.05) is 18.9 Å². The van der Waals surface area contributed by atoms with Gasteiger partial charge in [-0.15, -0.1) is 0 Å². The van der Waals surface area contributed by atoms with Crippen molar-refractivity contribution in [2.24, 2.45) is 13.0 Å². The Balaban J connectivity index is 1.49. The van der Waals surface area contributed by atoms with E-state index in [2.05, 4.69) is 16.1 Å². The molecule has 36 heavy (non-hydrogen) atoms. The van der Waals surface area contributed by atoms with Crippen LogP contribution in [0, 0.1) is 5.92 Å². The van der Waals surface area contributed by atoms with Gasteiger partial charge in [-0.05, 0) is 36.5 Å². The smallest absolute Gasteiger partial charge is 0.170 e. The summed E-state index contributed by atoms with van der Waals surface area (Å²) in [6, 6.07) is 9.89. The van der Waals surface area contributed by atoms with Crippen molar-refractivity contribution >= 4 is 16.8 Å². The van der Waals surface area contributed by atoms with Crippen LogP contribution in [0.3, 0.4) is 0 Å². The number of hydrogen-bond acceptors (Lipinski definition) is 6. The molecule has 1 fully saturated rings. The number of ketones is 1. The maximum absolute atomic E-state index is 13.5. The molecule has 0 radical (unpaired) electrons. The van der Waals surface area contributed by atoms with Crippen molar-refractivity contribution in [2.75, 3.05) is 21.3 Å². The summed E-state index contributed by atoms with van der Waals surface area (Å²) in [6.45, 7) is 0. The first kappa shape index (κ1) is 24.1. The summed E-state index contributed by atoms with van der Waals surface area (Å²) in [5, 5.41) is 4.26. The van der Waals surface area contributed by atoms with Gasteiger partial charge in [0.1, 0.15) is 23.4 Å². The van der Waals surface area contributed by atoms with Gasteiger partial charge < -0.3 is 14.2 Å². The summed E-state index contributed by atoms with van der Waals surface area (Å²) in [5.74, 6) is 1.21. The molecule has 5 rings (SSSR count). The van der Waals surface area contributed by atoms with Crippen molar-refractivity contribution in [3.8, 4) is 28.3 Å². The summed E-state index contributed by atoms with van der Waals surface area (Å²) >= 11 is 0. The van der Waals surface area contributed by atoms with Gasteiger partial charge in [0.25, 0.3) is 0 Å². The van der Waals surface area contributed by atoms with Gasteiger partial charge in [-0.2, -0.15) is 5.10 Å². The van der Waals surface area contributed by atoms with E-state index < -0.39 is 0 Å². The summed E-state index contributed by atoms with van der Waals surface area (Å²) in [6.07, 6.45) is 10.4. The summed E-state index contributed by atoms with van der Waals surface area (Å²) in [7, 11) is 6.80. The van der Waals surface area contributed by atoms with Crippen molar-refractivity contribution in [1.82, 2.24) is 19.3 Å². The number of aryl methyl sites for hydroxylation is 1. The first-order valence-corrected chi connectivity index (χ1v) is 12.3. The van der Waals surface area contributed by atoms with Crippen LogP contribution in [0.25, 0.3) is 27.8 Å². The van der Waals surface area contributed by atoms with Crippen LogP contribution in [0.5, 0.6) is 11.5 Å². The van der Waals surface area contributed by atoms with Crippen molar-refractivity contribution < 1.29 is 19.0 Å². The van der Waals surface area contributed by atoms with Crippen LogP contribution in [-0.2, 0) is 11.8 Å². The molecule has 4 aromatic rings. The Labute approximate surface area is 210 Å². The number of carbonyl (C=O) groups excluding carboxylic acids is 1. The number of benzene rings is 2. The lowest BCUT2D eigenvalue weighted by Gasteiger charge is -2.30. The van der Waals surface area contributed by atoms with Gasteiger partial charge in [0.05, 0.1) is 43.2 Å². The number of ether oxygens (including phenoxy) is 3. The average molecular weight is 489 g/mol. The van der Waals surface area contributed by atoms with Gasteiger partial charge in [0.2, 0.25) is 0 Å². The molecule has 0 saturated heterocycles.